The molecule has 0 aromatic heterocycles. The van der Waals surface area contributed by atoms with E-state index in [2.05, 4.69) is 10.6 Å². The van der Waals surface area contributed by atoms with Crippen LogP contribution in [0.4, 0.5) is 4.79 Å². The van der Waals surface area contributed by atoms with Crippen LogP contribution in [-0.4, -0.2) is 40.8 Å². The van der Waals surface area contributed by atoms with Gasteiger partial charge < -0.3 is 26.6 Å². The lowest BCUT2D eigenvalue weighted by molar-refractivity contribution is -0.140. The second-order valence-corrected chi connectivity index (χ2v) is 5.52. The molecule has 2 rings (SSSR count). The Morgan fingerprint density at radius 2 is 1.78 bits per heavy atom. The highest BCUT2D eigenvalue weighted by atomic mass is 16.4. The van der Waals surface area contributed by atoms with Gasteiger partial charge in [-0.1, -0.05) is 30.3 Å². The molecule has 0 saturated heterocycles. The number of aliphatic carboxylic acids is 2. The largest absolute Gasteiger partial charge is 0.481 e. The molecule has 1 aromatic rings. The minimum absolute atomic E-state index is 0.0727. The van der Waals surface area contributed by atoms with Crippen LogP contribution in [0.15, 0.2) is 30.3 Å². The molecule has 6 N–H and O–H groups in total. The summed E-state index contributed by atoms with van der Waals surface area (Å²) in [6, 6.07) is 7.63. The predicted octanol–water partition coefficient (Wildman–Crippen LogP) is -0.155. The van der Waals surface area contributed by atoms with Crippen molar-refractivity contribution in [3.05, 3.63) is 35.9 Å². The van der Waals surface area contributed by atoms with Gasteiger partial charge in [0.2, 0.25) is 0 Å². The molecule has 1 aromatic carbocycles. The molecule has 1 aliphatic carbocycles. The van der Waals surface area contributed by atoms with E-state index in [9.17, 15) is 14.4 Å². The first-order chi connectivity index (χ1) is 10.9. The smallest absolute Gasteiger partial charge is 0.320 e. The van der Waals surface area contributed by atoms with E-state index >= 15 is 0 Å². The van der Waals surface area contributed by atoms with E-state index in [-0.39, 0.29) is 6.54 Å². The average molecular weight is 321 g/mol. The number of rotatable bonds is 7. The van der Waals surface area contributed by atoms with Crippen molar-refractivity contribution in [1.82, 2.24) is 10.6 Å². The van der Waals surface area contributed by atoms with Gasteiger partial charge in [-0.15, -0.1) is 0 Å². The van der Waals surface area contributed by atoms with Crippen molar-refractivity contribution in [2.45, 2.75) is 12.6 Å². The topological polar surface area (TPSA) is 142 Å². The number of amides is 2. The Balaban J connectivity index is 1.79. The maximum absolute atomic E-state index is 11.7. The number of hydrogen-bond donors (Lipinski definition) is 5. The molecule has 8 heteroatoms. The fraction of sp³-hybridized carbons (Fsp3) is 0.400. The summed E-state index contributed by atoms with van der Waals surface area (Å²) in [4.78, 5) is 33.7. The van der Waals surface area contributed by atoms with Gasteiger partial charge in [-0.05, 0) is 11.5 Å². The van der Waals surface area contributed by atoms with Crippen LogP contribution < -0.4 is 16.4 Å². The van der Waals surface area contributed by atoms with E-state index in [0.29, 0.717) is 6.54 Å². The highest BCUT2D eigenvalue weighted by Gasteiger charge is 2.59. The summed E-state index contributed by atoms with van der Waals surface area (Å²) < 4.78 is 0. The zero-order chi connectivity index (χ0) is 17.0. The van der Waals surface area contributed by atoms with Crippen LogP contribution >= 0.6 is 0 Å². The van der Waals surface area contributed by atoms with Gasteiger partial charge in [0, 0.05) is 19.0 Å². The van der Waals surface area contributed by atoms with Crippen LogP contribution in [-0.2, 0) is 16.1 Å². The Labute approximate surface area is 132 Å². The third kappa shape index (κ3) is 4.19. The molecule has 0 heterocycles. The van der Waals surface area contributed by atoms with Gasteiger partial charge in [0.15, 0.2) is 0 Å². The van der Waals surface area contributed by atoms with Crippen molar-refractivity contribution in [2.24, 2.45) is 23.5 Å². The number of carboxylic acid groups (broad SMARTS) is 2. The number of benzene rings is 1. The van der Waals surface area contributed by atoms with E-state index < -0.39 is 41.8 Å². The number of carboxylic acids is 2. The minimum atomic E-state index is -1.24. The molecule has 0 unspecified atom stereocenters. The zero-order valence-electron chi connectivity index (χ0n) is 12.3. The minimum Gasteiger partial charge on any atom is -0.481 e. The van der Waals surface area contributed by atoms with Crippen molar-refractivity contribution in [1.29, 1.82) is 0 Å². The fourth-order valence-electron chi connectivity index (χ4n) is 2.72. The molecule has 0 spiro atoms. The summed E-state index contributed by atoms with van der Waals surface area (Å²) >= 11 is 0. The van der Waals surface area contributed by atoms with Crippen LogP contribution in [0.25, 0.3) is 0 Å². The molecule has 0 radical (unpaired) electrons. The monoisotopic (exact) mass is 321 g/mol. The fourth-order valence-corrected chi connectivity index (χ4v) is 2.72. The zero-order valence-corrected chi connectivity index (χ0v) is 12.3. The molecular weight excluding hydrogens is 302 g/mol. The summed E-state index contributed by atoms with van der Waals surface area (Å²) in [7, 11) is 0. The molecule has 8 nitrogen and oxygen atoms in total. The van der Waals surface area contributed by atoms with Crippen molar-refractivity contribution in [3.63, 3.8) is 0 Å². The highest BCUT2D eigenvalue weighted by molar-refractivity contribution is 5.80. The molecule has 124 valence electrons. The molecule has 1 aliphatic rings. The standard InChI is InChI=1S/C15H19N3O5/c16-12(14(21)22)10-9(11(10)13(19)20)7-18-15(23)17-6-8-4-2-1-3-5-8/h1-5,9-12H,6-7,16H2,(H,19,20)(H,21,22)(H2,17,18,23)/t9-,10+,11+,12+/m0/s1. The predicted molar refractivity (Wildman–Crippen MR) is 80.4 cm³/mol. The number of nitrogens with two attached hydrogens (primary N) is 1. The molecule has 0 bridgehead atoms. The average Bonchev–Trinajstić information content (AvgIpc) is 3.25. The molecular formula is C15H19N3O5. The van der Waals surface area contributed by atoms with E-state index in [0.717, 1.165) is 5.56 Å². The SMILES string of the molecule is N[C@@H](C(=O)O)[C@@H]1[C@H](CNC(=O)NCc2ccccc2)[C@H]1C(=O)O. The van der Waals surface area contributed by atoms with Gasteiger partial charge in [0.1, 0.15) is 6.04 Å². The lowest BCUT2D eigenvalue weighted by atomic mass is 10.1. The first-order valence-electron chi connectivity index (χ1n) is 7.18. The number of carbonyl (C=O) groups is 3. The summed E-state index contributed by atoms with van der Waals surface area (Å²) in [6.07, 6.45) is 0. The number of carbonyl (C=O) groups excluding carboxylic acids is 1. The van der Waals surface area contributed by atoms with Crippen LogP contribution in [0.5, 0.6) is 0 Å². The van der Waals surface area contributed by atoms with Crippen LogP contribution in [0.2, 0.25) is 0 Å². The van der Waals surface area contributed by atoms with E-state index in [1.54, 1.807) is 0 Å². The summed E-state index contributed by atoms with van der Waals surface area (Å²) in [5.41, 5.74) is 6.42. The molecule has 23 heavy (non-hydrogen) atoms. The lowest BCUT2D eigenvalue weighted by Crippen LogP contribution is -2.38. The second-order valence-electron chi connectivity index (χ2n) is 5.52. The Hall–Kier alpha value is -2.61. The summed E-state index contributed by atoms with van der Waals surface area (Å²) in [5, 5.41) is 23.2. The maximum atomic E-state index is 11.7. The first kappa shape index (κ1) is 16.8. The van der Waals surface area contributed by atoms with Crippen molar-refractivity contribution < 1.29 is 24.6 Å². The first-order valence-corrected chi connectivity index (χ1v) is 7.18. The van der Waals surface area contributed by atoms with Crippen LogP contribution in [0, 0.1) is 17.8 Å². The third-order valence-corrected chi connectivity index (χ3v) is 4.01. The molecule has 2 amide bonds. The van der Waals surface area contributed by atoms with Crippen LogP contribution in [0.3, 0.4) is 0 Å². The number of nitrogens with one attached hydrogen (secondary N) is 2. The quantitative estimate of drug-likeness (QED) is 0.472. The normalized spacial score (nSPS) is 23.6. The van der Waals surface area contributed by atoms with Gasteiger partial charge in [0.25, 0.3) is 0 Å². The maximum Gasteiger partial charge on any atom is 0.320 e. The van der Waals surface area contributed by atoms with Crippen LogP contribution in [0.1, 0.15) is 5.56 Å². The third-order valence-electron chi connectivity index (χ3n) is 4.01. The van der Waals surface area contributed by atoms with E-state index in [4.69, 9.17) is 15.9 Å². The van der Waals surface area contributed by atoms with Gasteiger partial charge in [-0.3, -0.25) is 9.59 Å². The summed E-state index contributed by atoms with van der Waals surface area (Å²) in [6.45, 7) is 0.418. The van der Waals surface area contributed by atoms with Crippen molar-refractivity contribution >= 4 is 18.0 Å². The van der Waals surface area contributed by atoms with Crippen molar-refractivity contribution in [2.75, 3.05) is 6.54 Å². The van der Waals surface area contributed by atoms with E-state index in [1.807, 2.05) is 30.3 Å². The Bertz CT molecular complexity index is 592. The van der Waals surface area contributed by atoms with Gasteiger partial charge in [-0.2, -0.15) is 0 Å². The molecule has 4 atom stereocenters. The Morgan fingerprint density at radius 3 is 2.35 bits per heavy atom. The molecule has 1 saturated carbocycles. The summed E-state index contributed by atoms with van der Waals surface area (Å²) in [5.74, 6) is -4.31. The van der Waals surface area contributed by atoms with E-state index in [1.165, 1.54) is 0 Å². The lowest BCUT2D eigenvalue weighted by Gasteiger charge is -2.08. The Kier molecular flexibility index (Phi) is 5.17. The number of hydrogen-bond acceptors (Lipinski definition) is 4. The van der Waals surface area contributed by atoms with Gasteiger partial charge in [0.05, 0.1) is 5.92 Å². The van der Waals surface area contributed by atoms with Crippen molar-refractivity contribution in [3.8, 4) is 0 Å². The molecule has 1 fully saturated rings. The molecule has 0 aliphatic heterocycles. The van der Waals surface area contributed by atoms with Gasteiger partial charge >= 0.3 is 18.0 Å². The second kappa shape index (κ2) is 7.10. The number of urea groups is 1. The van der Waals surface area contributed by atoms with Gasteiger partial charge in [-0.25, -0.2) is 4.79 Å². The highest BCUT2D eigenvalue weighted by Crippen LogP contribution is 2.47. The Morgan fingerprint density at radius 1 is 1.13 bits per heavy atom.